The minimum atomic E-state index is 0.123. The molecule has 1 aromatic heterocycles. The van der Waals surface area contributed by atoms with Crippen LogP contribution in [-0.2, 0) is 0 Å². The maximum atomic E-state index is 6.05. The Hall–Kier alpha value is -1.72. The van der Waals surface area contributed by atoms with Gasteiger partial charge in [-0.1, -0.05) is 23.7 Å². The molecular weight excluding hydrogens is 256 g/mol. The van der Waals surface area contributed by atoms with E-state index in [0.29, 0.717) is 5.02 Å². The molecule has 1 heterocycles. The Morgan fingerprint density at radius 1 is 1.47 bits per heavy atom. The molecule has 0 aliphatic carbocycles. The Morgan fingerprint density at radius 2 is 2.29 bits per heavy atom. The van der Waals surface area contributed by atoms with Gasteiger partial charge in [-0.2, -0.15) is 5.10 Å². The van der Waals surface area contributed by atoms with Gasteiger partial charge < -0.3 is 5.73 Å². The Balaban J connectivity index is 2.44. The Bertz CT molecular complexity index is 597. The van der Waals surface area contributed by atoms with Crippen molar-refractivity contribution in [3.05, 3.63) is 41.0 Å². The molecule has 2 aromatic rings. The summed E-state index contributed by atoms with van der Waals surface area (Å²) in [5.74, 6) is 0. The van der Waals surface area contributed by atoms with Crippen molar-refractivity contribution in [3.63, 3.8) is 0 Å². The third kappa shape index (κ3) is 2.69. The van der Waals surface area contributed by atoms with Crippen molar-refractivity contribution in [3.8, 4) is 0 Å². The lowest BCUT2D eigenvalue weighted by Crippen LogP contribution is -2.24. The number of rotatable bonds is 2. The molecule has 0 atom stereocenters. The summed E-state index contributed by atoms with van der Waals surface area (Å²) < 4.78 is 0. The molecule has 0 saturated heterocycles. The molecule has 0 fully saturated rings. The number of thiocarbonyl (C=S) groups is 1. The van der Waals surface area contributed by atoms with Crippen LogP contribution in [0.5, 0.6) is 0 Å². The number of hydrogen-bond donors (Lipinski definition) is 2. The molecule has 0 amide bonds. The van der Waals surface area contributed by atoms with Gasteiger partial charge in [0.25, 0.3) is 0 Å². The van der Waals surface area contributed by atoms with Crippen molar-refractivity contribution in [2.75, 3.05) is 0 Å². The summed E-state index contributed by atoms with van der Waals surface area (Å²) in [5.41, 5.74) is 9.40. The van der Waals surface area contributed by atoms with Crippen LogP contribution < -0.4 is 11.2 Å². The highest BCUT2D eigenvalue weighted by atomic mass is 35.5. The van der Waals surface area contributed by atoms with Gasteiger partial charge in [-0.25, -0.2) is 0 Å². The summed E-state index contributed by atoms with van der Waals surface area (Å²) in [6.07, 6.45) is 3.30. The summed E-state index contributed by atoms with van der Waals surface area (Å²) in [5, 5.41) is 5.57. The van der Waals surface area contributed by atoms with Gasteiger partial charge >= 0.3 is 0 Å². The molecule has 17 heavy (non-hydrogen) atoms. The van der Waals surface area contributed by atoms with Gasteiger partial charge in [-0.15, -0.1) is 0 Å². The second kappa shape index (κ2) is 5.07. The van der Waals surface area contributed by atoms with Gasteiger partial charge in [-0.3, -0.25) is 10.4 Å². The van der Waals surface area contributed by atoms with Crippen LogP contribution in [0.3, 0.4) is 0 Å². The smallest absolute Gasteiger partial charge is 0.184 e. The highest BCUT2D eigenvalue weighted by molar-refractivity contribution is 7.80. The van der Waals surface area contributed by atoms with Crippen LogP contribution in [0.15, 0.2) is 35.6 Å². The summed E-state index contributed by atoms with van der Waals surface area (Å²) in [6.45, 7) is 0. The lowest BCUT2D eigenvalue weighted by molar-refractivity contribution is 1.04. The van der Waals surface area contributed by atoms with Crippen LogP contribution in [0.1, 0.15) is 5.56 Å². The highest BCUT2D eigenvalue weighted by Crippen LogP contribution is 2.22. The maximum Gasteiger partial charge on any atom is 0.184 e. The minimum Gasteiger partial charge on any atom is -0.375 e. The lowest BCUT2D eigenvalue weighted by Gasteiger charge is -2.02. The standard InChI is InChI=1S/C11H9ClN4S/c12-9-3-1-2-8-7(4-5-14-10(8)9)6-15-16-11(13)17/h1-6H,(H3,13,16,17). The minimum absolute atomic E-state index is 0.123. The monoisotopic (exact) mass is 264 g/mol. The number of benzene rings is 1. The van der Waals surface area contributed by atoms with Gasteiger partial charge in [0.2, 0.25) is 0 Å². The first-order valence-corrected chi connectivity index (χ1v) is 5.59. The predicted molar refractivity (Wildman–Crippen MR) is 74.3 cm³/mol. The van der Waals surface area contributed by atoms with E-state index >= 15 is 0 Å². The van der Waals surface area contributed by atoms with Crippen LogP contribution in [0.4, 0.5) is 0 Å². The van der Waals surface area contributed by atoms with Crippen LogP contribution in [0.25, 0.3) is 10.9 Å². The molecule has 0 bridgehead atoms. The molecule has 2 rings (SSSR count). The van der Waals surface area contributed by atoms with E-state index in [0.717, 1.165) is 16.5 Å². The molecule has 0 spiro atoms. The van der Waals surface area contributed by atoms with Gasteiger partial charge in [0.15, 0.2) is 5.11 Å². The Labute approximate surface area is 108 Å². The molecular formula is C11H9ClN4S. The molecule has 0 saturated carbocycles. The number of nitrogens with two attached hydrogens (primary N) is 1. The molecule has 86 valence electrons. The fourth-order valence-corrected chi connectivity index (χ4v) is 1.72. The second-order valence-corrected chi connectivity index (χ2v) is 4.12. The summed E-state index contributed by atoms with van der Waals surface area (Å²) in [6, 6.07) is 7.43. The topological polar surface area (TPSA) is 63.3 Å². The van der Waals surface area contributed by atoms with Crippen LogP contribution in [0, 0.1) is 0 Å². The maximum absolute atomic E-state index is 6.05. The molecule has 0 aliphatic heterocycles. The van der Waals surface area contributed by atoms with E-state index in [4.69, 9.17) is 17.3 Å². The van der Waals surface area contributed by atoms with Crippen molar-refractivity contribution in [1.82, 2.24) is 10.4 Å². The van der Waals surface area contributed by atoms with Gasteiger partial charge in [0, 0.05) is 17.1 Å². The predicted octanol–water partition coefficient (Wildman–Crippen LogP) is 2.06. The number of hydrogen-bond acceptors (Lipinski definition) is 3. The second-order valence-electron chi connectivity index (χ2n) is 3.27. The van der Waals surface area contributed by atoms with Crippen LogP contribution in [-0.4, -0.2) is 16.3 Å². The lowest BCUT2D eigenvalue weighted by atomic mass is 10.1. The molecule has 3 N–H and O–H groups in total. The molecule has 0 unspecified atom stereocenters. The van der Waals surface area contributed by atoms with Gasteiger partial charge in [0.05, 0.1) is 16.8 Å². The van der Waals surface area contributed by atoms with Crippen molar-refractivity contribution >= 4 is 46.0 Å². The zero-order valence-corrected chi connectivity index (χ0v) is 10.3. The van der Waals surface area contributed by atoms with Gasteiger partial charge in [-0.05, 0) is 24.4 Å². The number of nitrogens with one attached hydrogen (secondary N) is 1. The van der Waals surface area contributed by atoms with Crippen molar-refractivity contribution in [1.29, 1.82) is 0 Å². The van der Waals surface area contributed by atoms with Crippen molar-refractivity contribution in [2.45, 2.75) is 0 Å². The number of halogens is 1. The molecule has 1 aromatic carbocycles. The fraction of sp³-hybridized carbons (Fsp3) is 0. The third-order valence-electron chi connectivity index (χ3n) is 2.13. The van der Waals surface area contributed by atoms with E-state index in [1.165, 1.54) is 0 Å². The molecule has 4 nitrogen and oxygen atoms in total. The zero-order valence-electron chi connectivity index (χ0n) is 8.72. The molecule has 0 aliphatic rings. The number of para-hydroxylation sites is 1. The summed E-state index contributed by atoms with van der Waals surface area (Å²) in [7, 11) is 0. The Kier molecular flexibility index (Phi) is 3.51. The quantitative estimate of drug-likeness (QED) is 0.495. The van der Waals surface area contributed by atoms with Crippen LogP contribution in [0.2, 0.25) is 5.02 Å². The van der Waals surface area contributed by atoms with E-state index in [-0.39, 0.29) is 5.11 Å². The summed E-state index contributed by atoms with van der Waals surface area (Å²) in [4.78, 5) is 4.22. The van der Waals surface area contributed by atoms with E-state index in [2.05, 4.69) is 27.7 Å². The summed E-state index contributed by atoms with van der Waals surface area (Å²) >= 11 is 10.7. The molecule has 0 radical (unpaired) electrons. The highest BCUT2D eigenvalue weighted by Gasteiger charge is 2.02. The Morgan fingerprint density at radius 3 is 3.06 bits per heavy atom. The zero-order chi connectivity index (χ0) is 12.3. The van der Waals surface area contributed by atoms with E-state index < -0.39 is 0 Å². The van der Waals surface area contributed by atoms with Crippen LogP contribution >= 0.6 is 23.8 Å². The first-order valence-electron chi connectivity index (χ1n) is 4.80. The average molecular weight is 265 g/mol. The number of hydrazone groups is 1. The third-order valence-corrected chi connectivity index (χ3v) is 2.53. The first-order chi connectivity index (χ1) is 8.18. The largest absolute Gasteiger partial charge is 0.375 e. The van der Waals surface area contributed by atoms with Crippen molar-refractivity contribution < 1.29 is 0 Å². The number of nitrogens with zero attached hydrogens (tertiary/aromatic N) is 2. The average Bonchev–Trinajstić information content (AvgIpc) is 2.30. The van der Waals surface area contributed by atoms with E-state index in [1.54, 1.807) is 18.5 Å². The van der Waals surface area contributed by atoms with E-state index in [1.807, 2.05) is 18.2 Å². The van der Waals surface area contributed by atoms with Crippen molar-refractivity contribution in [2.24, 2.45) is 10.8 Å². The fourth-order valence-electron chi connectivity index (χ4n) is 1.44. The number of aromatic nitrogens is 1. The molecule has 6 heteroatoms. The van der Waals surface area contributed by atoms with Gasteiger partial charge in [0.1, 0.15) is 0 Å². The number of fused-ring (bicyclic) bond motifs is 1. The van der Waals surface area contributed by atoms with E-state index in [9.17, 15) is 0 Å². The number of pyridine rings is 1. The SMILES string of the molecule is NC(=S)NN=Cc1ccnc2c(Cl)cccc12. The normalized spacial score (nSPS) is 10.9. The first kappa shape index (κ1) is 11.8.